The van der Waals surface area contributed by atoms with E-state index in [1.807, 2.05) is 30.3 Å². The number of hydrogen-bond donors (Lipinski definition) is 1. The van der Waals surface area contributed by atoms with Crippen molar-refractivity contribution in [2.45, 2.75) is 19.3 Å². The molecule has 1 aromatic carbocycles. The summed E-state index contributed by atoms with van der Waals surface area (Å²) in [5.74, 6) is 0. The lowest BCUT2D eigenvalue weighted by Gasteiger charge is -2.12. The normalized spacial score (nSPS) is 16.3. The molecule has 19 heavy (non-hydrogen) atoms. The molecule has 0 radical (unpaired) electrons. The number of para-hydroxylation sites is 1. The van der Waals surface area contributed by atoms with Crippen LogP contribution in [0.25, 0.3) is 5.69 Å². The van der Waals surface area contributed by atoms with Gasteiger partial charge >= 0.3 is 6.01 Å². The molecule has 100 valence electrons. The summed E-state index contributed by atoms with van der Waals surface area (Å²) >= 11 is 0. The van der Waals surface area contributed by atoms with Crippen LogP contribution in [0, 0.1) is 5.41 Å². The van der Waals surface area contributed by atoms with Crippen LogP contribution in [0.2, 0.25) is 0 Å². The zero-order chi connectivity index (χ0) is 13.1. The van der Waals surface area contributed by atoms with Crippen LogP contribution in [0.1, 0.15) is 19.3 Å². The van der Waals surface area contributed by atoms with Crippen LogP contribution < -0.4 is 10.5 Å². The first kappa shape index (κ1) is 12.2. The highest BCUT2D eigenvalue weighted by atomic mass is 16.5. The number of hydrogen-bond acceptors (Lipinski definition) is 4. The molecule has 0 atom stereocenters. The molecule has 1 fully saturated rings. The van der Waals surface area contributed by atoms with Crippen LogP contribution in [0.5, 0.6) is 6.01 Å². The van der Waals surface area contributed by atoms with Crippen molar-refractivity contribution >= 4 is 0 Å². The monoisotopic (exact) mass is 258 g/mol. The fraction of sp³-hybridized carbons (Fsp3) is 0.429. The van der Waals surface area contributed by atoms with Crippen LogP contribution in [-0.4, -0.2) is 27.9 Å². The van der Waals surface area contributed by atoms with Gasteiger partial charge in [0.25, 0.3) is 0 Å². The molecule has 5 nitrogen and oxygen atoms in total. The largest absolute Gasteiger partial charge is 0.462 e. The quantitative estimate of drug-likeness (QED) is 0.857. The zero-order valence-corrected chi connectivity index (χ0v) is 10.8. The molecule has 1 aliphatic rings. The second kappa shape index (κ2) is 5.01. The Bertz CT molecular complexity index is 533. The fourth-order valence-corrected chi connectivity index (χ4v) is 2.19. The van der Waals surface area contributed by atoms with Crippen molar-refractivity contribution in [3.63, 3.8) is 0 Å². The maximum atomic E-state index is 5.69. The predicted molar refractivity (Wildman–Crippen MR) is 72.2 cm³/mol. The molecule has 0 saturated heterocycles. The standard InChI is InChI=1S/C14H18N4O/c15-9-8-14(6-7-14)10-19-13-16-11-18(17-13)12-4-2-1-3-5-12/h1-5,11H,6-10,15H2. The summed E-state index contributed by atoms with van der Waals surface area (Å²) in [6, 6.07) is 10.3. The van der Waals surface area contributed by atoms with Gasteiger partial charge in [0.1, 0.15) is 6.33 Å². The van der Waals surface area contributed by atoms with E-state index in [2.05, 4.69) is 10.1 Å². The first-order valence-corrected chi connectivity index (χ1v) is 6.61. The van der Waals surface area contributed by atoms with Crippen molar-refractivity contribution < 1.29 is 4.74 Å². The number of benzene rings is 1. The molecular formula is C14H18N4O. The maximum Gasteiger partial charge on any atom is 0.335 e. The van der Waals surface area contributed by atoms with Gasteiger partial charge in [-0.25, -0.2) is 4.68 Å². The van der Waals surface area contributed by atoms with Crippen molar-refractivity contribution in [3.8, 4) is 11.7 Å². The molecule has 1 heterocycles. The smallest absolute Gasteiger partial charge is 0.335 e. The van der Waals surface area contributed by atoms with Gasteiger partial charge in [0.2, 0.25) is 0 Å². The fourth-order valence-electron chi connectivity index (χ4n) is 2.19. The minimum absolute atomic E-state index is 0.285. The molecule has 3 rings (SSSR count). The van der Waals surface area contributed by atoms with Gasteiger partial charge in [0.15, 0.2) is 0 Å². The molecule has 1 aromatic heterocycles. The minimum atomic E-state index is 0.285. The van der Waals surface area contributed by atoms with E-state index in [-0.39, 0.29) is 5.41 Å². The summed E-state index contributed by atoms with van der Waals surface area (Å²) in [6.45, 7) is 1.39. The van der Waals surface area contributed by atoms with E-state index in [0.717, 1.165) is 18.7 Å². The van der Waals surface area contributed by atoms with Crippen molar-refractivity contribution in [2.75, 3.05) is 13.2 Å². The van der Waals surface area contributed by atoms with Crippen LogP contribution in [0.15, 0.2) is 36.7 Å². The summed E-state index contributed by atoms with van der Waals surface area (Å²) < 4.78 is 7.41. The SMILES string of the molecule is NCCC1(COc2ncn(-c3ccccc3)n2)CC1. The van der Waals surface area contributed by atoms with E-state index in [0.29, 0.717) is 12.6 Å². The molecule has 5 heteroatoms. The van der Waals surface area contributed by atoms with Gasteiger partial charge in [-0.3, -0.25) is 0 Å². The topological polar surface area (TPSA) is 66.0 Å². The van der Waals surface area contributed by atoms with Gasteiger partial charge in [0, 0.05) is 5.41 Å². The molecule has 0 bridgehead atoms. The van der Waals surface area contributed by atoms with E-state index >= 15 is 0 Å². The Morgan fingerprint density at radius 3 is 2.74 bits per heavy atom. The number of rotatable bonds is 6. The number of ether oxygens (including phenoxy) is 1. The van der Waals surface area contributed by atoms with Crippen LogP contribution in [0.4, 0.5) is 0 Å². The average molecular weight is 258 g/mol. The lowest BCUT2D eigenvalue weighted by Crippen LogP contribution is -2.17. The summed E-state index contributed by atoms with van der Waals surface area (Å²) in [7, 11) is 0. The van der Waals surface area contributed by atoms with Crippen LogP contribution in [0.3, 0.4) is 0 Å². The third-order valence-electron chi connectivity index (χ3n) is 3.63. The van der Waals surface area contributed by atoms with Gasteiger partial charge in [-0.2, -0.15) is 4.98 Å². The Morgan fingerprint density at radius 1 is 1.26 bits per heavy atom. The van der Waals surface area contributed by atoms with Gasteiger partial charge in [-0.05, 0) is 37.9 Å². The molecular weight excluding hydrogens is 240 g/mol. The highest BCUT2D eigenvalue weighted by Gasteiger charge is 2.42. The summed E-state index contributed by atoms with van der Waals surface area (Å²) in [5.41, 5.74) is 6.88. The van der Waals surface area contributed by atoms with Crippen molar-refractivity contribution in [3.05, 3.63) is 36.7 Å². The molecule has 2 aromatic rings. The summed E-state index contributed by atoms with van der Waals surface area (Å²) in [5, 5.41) is 4.32. The van der Waals surface area contributed by atoms with Crippen molar-refractivity contribution in [1.29, 1.82) is 0 Å². The van der Waals surface area contributed by atoms with E-state index in [1.54, 1.807) is 11.0 Å². The summed E-state index contributed by atoms with van der Waals surface area (Å²) in [4.78, 5) is 4.18. The van der Waals surface area contributed by atoms with Gasteiger partial charge in [-0.1, -0.05) is 18.2 Å². The Balaban J connectivity index is 1.63. The van der Waals surface area contributed by atoms with Gasteiger partial charge in [0.05, 0.1) is 12.3 Å². The first-order valence-electron chi connectivity index (χ1n) is 6.61. The Hall–Kier alpha value is -1.88. The van der Waals surface area contributed by atoms with E-state index in [1.165, 1.54) is 12.8 Å². The van der Waals surface area contributed by atoms with Crippen molar-refractivity contribution in [1.82, 2.24) is 14.8 Å². The molecule has 1 saturated carbocycles. The Kier molecular flexibility index (Phi) is 3.21. The highest BCUT2D eigenvalue weighted by Crippen LogP contribution is 2.48. The molecule has 2 N–H and O–H groups in total. The molecule has 0 amide bonds. The van der Waals surface area contributed by atoms with E-state index in [9.17, 15) is 0 Å². The second-order valence-electron chi connectivity index (χ2n) is 5.13. The van der Waals surface area contributed by atoms with Gasteiger partial charge in [-0.15, -0.1) is 5.10 Å². The van der Waals surface area contributed by atoms with Crippen LogP contribution >= 0.6 is 0 Å². The average Bonchev–Trinajstić information content (AvgIpc) is 3.05. The third-order valence-corrected chi connectivity index (χ3v) is 3.63. The third kappa shape index (κ3) is 2.76. The van der Waals surface area contributed by atoms with Crippen molar-refractivity contribution in [2.24, 2.45) is 11.1 Å². The number of nitrogens with two attached hydrogens (primary N) is 1. The lowest BCUT2D eigenvalue weighted by atomic mass is 10.0. The Labute approximate surface area is 112 Å². The second-order valence-corrected chi connectivity index (χ2v) is 5.13. The van der Waals surface area contributed by atoms with E-state index in [4.69, 9.17) is 10.5 Å². The van der Waals surface area contributed by atoms with Crippen LogP contribution in [-0.2, 0) is 0 Å². The molecule has 1 aliphatic carbocycles. The zero-order valence-electron chi connectivity index (χ0n) is 10.8. The van der Waals surface area contributed by atoms with Gasteiger partial charge < -0.3 is 10.5 Å². The maximum absolute atomic E-state index is 5.69. The lowest BCUT2D eigenvalue weighted by molar-refractivity contribution is 0.211. The van der Waals surface area contributed by atoms with E-state index < -0.39 is 0 Å². The Morgan fingerprint density at radius 2 is 2.05 bits per heavy atom. The summed E-state index contributed by atoms with van der Waals surface area (Å²) in [6.07, 6.45) is 5.09. The molecule has 0 spiro atoms. The molecule has 0 aliphatic heterocycles. The predicted octanol–water partition coefficient (Wildman–Crippen LogP) is 1.78. The first-order chi connectivity index (χ1) is 9.31. The highest BCUT2D eigenvalue weighted by molar-refractivity contribution is 5.29. The molecule has 0 unspecified atom stereocenters. The number of aromatic nitrogens is 3. The number of nitrogens with zero attached hydrogens (tertiary/aromatic N) is 3. The minimum Gasteiger partial charge on any atom is -0.462 e.